The van der Waals surface area contributed by atoms with Crippen LogP contribution in [0.1, 0.15) is 19.2 Å². The van der Waals surface area contributed by atoms with Crippen molar-refractivity contribution < 1.29 is 13.2 Å². The number of nitrogens with one attached hydrogen (secondary N) is 3. The molecule has 0 aliphatic carbocycles. The highest BCUT2D eigenvalue weighted by molar-refractivity contribution is 7.98. The Labute approximate surface area is 129 Å². The SMILES string of the molecule is CCS(=O)(=O)NC(CCSC)C(=O)NCCc1ncc[nH]1. The van der Waals surface area contributed by atoms with E-state index in [1.807, 2.05) is 6.26 Å². The largest absolute Gasteiger partial charge is 0.354 e. The molecule has 1 aromatic heterocycles. The van der Waals surface area contributed by atoms with Crippen molar-refractivity contribution >= 4 is 27.7 Å². The van der Waals surface area contributed by atoms with Gasteiger partial charge in [0.1, 0.15) is 11.9 Å². The molecule has 1 rings (SSSR count). The van der Waals surface area contributed by atoms with E-state index in [9.17, 15) is 13.2 Å². The highest BCUT2D eigenvalue weighted by Crippen LogP contribution is 2.03. The molecule has 0 bridgehead atoms. The molecule has 1 atom stereocenters. The van der Waals surface area contributed by atoms with Crippen molar-refractivity contribution in [3.8, 4) is 0 Å². The predicted octanol–water partition coefficient (Wildman–Crippen LogP) is 0.129. The second-order valence-corrected chi connectivity index (χ2v) is 7.46. The third-order valence-electron chi connectivity index (χ3n) is 2.84. The second-order valence-electron chi connectivity index (χ2n) is 4.43. The van der Waals surface area contributed by atoms with E-state index in [0.717, 1.165) is 5.82 Å². The Morgan fingerprint density at radius 1 is 1.52 bits per heavy atom. The molecule has 0 saturated carbocycles. The summed E-state index contributed by atoms with van der Waals surface area (Å²) in [6.07, 6.45) is 6.32. The van der Waals surface area contributed by atoms with Crippen molar-refractivity contribution in [2.24, 2.45) is 0 Å². The van der Waals surface area contributed by atoms with Gasteiger partial charge >= 0.3 is 0 Å². The topological polar surface area (TPSA) is 104 Å². The molecule has 1 heterocycles. The van der Waals surface area contributed by atoms with E-state index >= 15 is 0 Å². The van der Waals surface area contributed by atoms with Gasteiger partial charge in [0, 0.05) is 25.4 Å². The molecule has 0 radical (unpaired) electrons. The normalized spacial score (nSPS) is 13.0. The molecular weight excluding hydrogens is 312 g/mol. The average Bonchev–Trinajstić information content (AvgIpc) is 2.96. The van der Waals surface area contributed by atoms with Gasteiger partial charge in [-0.05, 0) is 25.4 Å². The summed E-state index contributed by atoms with van der Waals surface area (Å²) in [4.78, 5) is 19.1. The quantitative estimate of drug-likeness (QED) is 0.564. The van der Waals surface area contributed by atoms with E-state index in [2.05, 4.69) is 20.0 Å². The highest BCUT2D eigenvalue weighted by Gasteiger charge is 2.22. The molecule has 120 valence electrons. The van der Waals surface area contributed by atoms with Crippen molar-refractivity contribution in [1.82, 2.24) is 20.0 Å². The number of carbonyl (C=O) groups excluding carboxylic acids is 1. The Bertz CT molecular complexity index is 517. The van der Waals surface area contributed by atoms with Gasteiger partial charge in [-0.25, -0.2) is 18.1 Å². The van der Waals surface area contributed by atoms with Crippen molar-refractivity contribution in [3.05, 3.63) is 18.2 Å². The van der Waals surface area contributed by atoms with Gasteiger partial charge in [0.2, 0.25) is 15.9 Å². The van der Waals surface area contributed by atoms with Gasteiger partial charge in [0.25, 0.3) is 0 Å². The Morgan fingerprint density at radius 3 is 2.86 bits per heavy atom. The number of thioether (sulfide) groups is 1. The fourth-order valence-corrected chi connectivity index (χ4v) is 2.94. The molecule has 0 fully saturated rings. The number of aromatic nitrogens is 2. The van der Waals surface area contributed by atoms with Crippen molar-refractivity contribution in [3.63, 3.8) is 0 Å². The zero-order valence-electron chi connectivity index (χ0n) is 12.3. The lowest BCUT2D eigenvalue weighted by molar-refractivity contribution is -0.122. The minimum atomic E-state index is -3.40. The summed E-state index contributed by atoms with van der Waals surface area (Å²) in [5, 5.41) is 2.74. The highest BCUT2D eigenvalue weighted by atomic mass is 32.2. The summed E-state index contributed by atoms with van der Waals surface area (Å²) in [5.74, 6) is 1.16. The van der Waals surface area contributed by atoms with E-state index in [0.29, 0.717) is 25.1 Å². The zero-order valence-corrected chi connectivity index (χ0v) is 13.9. The molecule has 3 N–H and O–H groups in total. The first-order valence-corrected chi connectivity index (χ1v) is 9.78. The number of aromatic amines is 1. The van der Waals surface area contributed by atoms with Crippen LogP contribution in [0.4, 0.5) is 0 Å². The minimum Gasteiger partial charge on any atom is -0.354 e. The zero-order chi connectivity index (χ0) is 15.7. The number of sulfonamides is 1. The maximum Gasteiger partial charge on any atom is 0.238 e. The number of nitrogens with zero attached hydrogens (tertiary/aromatic N) is 1. The first kappa shape index (κ1) is 18.0. The van der Waals surface area contributed by atoms with Crippen LogP contribution in [-0.4, -0.2) is 54.6 Å². The van der Waals surface area contributed by atoms with Crippen LogP contribution in [0, 0.1) is 0 Å². The molecule has 1 aromatic rings. The third kappa shape index (κ3) is 6.96. The summed E-state index contributed by atoms with van der Waals surface area (Å²) >= 11 is 1.57. The summed E-state index contributed by atoms with van der Waals surface area (Å²) in [5.41, 5.74) is 0. The summed E-state index contributed by atoms with van der Waals surface area (Å²) in [6, 6.07) is -0.723. The lowest BCUT2D eigenvalue weighted by atomic mass is 10.2. The van der Waals surface area contributed by atoms with Crippen LogP contribution in [0.25, 0.3) is 0 Å². The Balaban J connectivity index is 2.49. The number of carbonyl (C=O) groups is 1. The van der Waals surface area contributed by atoms with E-state index < -0.39 is 16.1 Å². The monoisotopic (exact) mass is 334 g/mol. The Hall–Kier alpha value is -1.06. The lowest BCUT2D eigenvalue weighted by Gasteiger charge is -2.17. The van der Waals surface area contributed by atoms with Gasteiger partial charge in [-0.2, -0.15) is 11.8 Å². The van der Waals surface area contributed by atoms with Gasteiger partial charge in [0.05, 0.1) is 5.75 Å². The van der Waals surface area contributed by atoms with Gasteiger partial charge in [-0.1, -0.05) is 0 Å². The Morgan fingerprint density at radius 2 is 2.29 bits per heavy atom. The van der Waals surface area contributed by atoms with Crippen molar-refractivity contribution in [2.75, 3.05) is 24.3 Å². The summed E-state index contributed by atoms with van der Waals surface area (Å²) in [7, 11) is -3.40. The molecule has 1 amide bonds. The summed E-state index contributed by atoms with van der Waals surface area (Å²) < 4.78 is 25.7. The van der Waals surface area contributed by atoms with Crippen LogP contribution in [0.5, 0.6) is 0 Å². The number of rotatable bonds is 10. The van der Waals surface area contributed by atoms with Crippen molar-refractivity contribution in [1.29, 1.82) is 0 Å². The van der Waals surface area contributed by atoms with Gasteiger partial charge < -0.3 is 10.3 Å². The number of amides is 1. The van der Waals surface area contributed by atoms with Crippen LogP contribution >= 0.6 is 11.8 Å². The molecule has 7 nitrogen and oxygen atoms in total. The third-order valence-corrected chi connectivity index (χ3v) is 4.89. The predicted molar refractivity (Wildman–Crippen MR) is 84.7 cm³/mol. The van der Waals surface area contributed by atoms with E-state index in [-0.39, 0.29) is 11.7 Å². The molecule has 0 aliphatic rings. The molecule has 0 aromatic carbocycles. The van der Waals surface area contributed by atoms with Crippen LogP contribution in [0.3, 0.4) is 0 Å². The molecule has 0 spiro atoms. The van der Waals surface area contributed by atoms with Crippen LogP contribution in [-0.2, 0) is 21.2 Å². The smallest absolute Gasteiger partial charge is 0.238 e. The molecule has 0 aliphatic heterocycles. The van der Waals surface area contributed by atoms with Gasteiger partial charge in [0.15, 0.2) is 0 Å². The summed E-state index contributed by atoms with van der Waals surface area (Å²) in [6.45, 7) is 1.96. The number of H-pyrrole nitrogens is 1. The second kappa shape index (κ2) is 9.06. The van der Waals surface area contributed by atoms with Crippen molar-refractivity contribution in [2.45, 2.75) is 25.8 Å². The first-order chi connectivity index (χ1) is 9.98. The average molecular weight is 334 g/mol. The maximum atomic E-state index is 12.1. The number of hydrogen-bond donors (Lipinski definition) is 3. The fraction of sp³-hybridized carbons (Fsp3) is 0.667. The van der Waals surface area contributed by atoms with Gasteiger partial charge in [-0.3, -0.25) is 4.79 Å². The standard InChI is InChI=1S/C12H22N4O3S2/c1-3-21(18,19)16-10(5-9-20-2)12(17)15-6-4-11-13-7-8-14-11/h7-8,10,16H,3-6,9H2,1-2H3,(H,13,14)(H,15,17). The number of imidazole rings is 1. The van der Waals surface area contributed by atoms with Gasteiger partial charge in [-0.15, -0.1) is 0 Å². The Kier molecular flexibility index (Phi) is 7.76. The van der Waals surface area contributed by atoms with Crippen LogP contribution in [0.15, 0.2) is 12.4 Å². The molecule has 9 heteroatoms. The van der Waals surface area contributed by atoms with E-state index in [1.165, 1.54) is 0 Å². The maximum absolute atomic E-state index is 12.1. The minimum absolute atomic E-state index is 0.0392. The molecule has 0 saturated heterocycles. The number of hydrogen-bond acceptors (Lipinski definition) is 5. The first-order valence-electron chi connectivity index (χ1n) is 6.73. The fourth-order valence-electron chi connectivity index (χ4n) is 1.64. The lowest BCUT2D eigenvalue weighted by Crippen LogP contribution is -2.47. The molecular formula is C12H22N4O3S2. The van der Waals surface area contributed by atoms with Crippen LogP contribution in [0.2, 0.25) is 0 Å². The van der Waals surface area contributed by atoms with E-state index in [4.69, 9.17) is 0 Å². The van der Waals surface area contributed by atoms with E-state index in [1.54, 1.807) is 31.1 Å². The van der Waals surface area contributed by atoms with Crippen LogP contribution < -0.4 is 10.0 Å². The molecule has 21 heavy (non-hydrogen) atoms. The molecule has 1 unspecified atom stereocenters.